The van der Waals surface area contributed by atoms with Gasteiger partial charge in [-0.05, 0) is 0 Å². The minimum absolute atomic E-state index is 0.00241. The fraction of sp³-hybridized carbons (Fsp3) is 0.750. The van der Waals surface area contributed by atoms with Gasteiger partial charge in [0.05, 0.1) is 26.4 Å². The van der Waals surface area contributed by atoms with Crippen molar-refractivity contribution in [2.45, 2.75) is 55.2 Å². The maximum absolute atomic E-state index is 12.6. The van der Waals surface area contributed by atoms with E-state index < -0.39 is 108 Å². The highest BCUT2D eigenvalue weighted by molar-refractivity contribution is 7.61. The van der Waals surface area contributed by atoms with Crippen molar-refractivity contribution in [1.29, 1.82) is 0 Å². The number of methoxy groups -OCH3 is 1. The minimum atomic E-state index is -5.71. The number of aliphatic hydroxyl groups excluding tert-OH is 5. The molecule has 6 unspecified atom stereocenters. The number of hydrogen-bond donors (Lipinski definition) is 9. The molecule has 252 valence electrons. The molecule has 22 nitrogen and oxygen atoms in total. The third-order valence-corrected chi connectivity index (χ3v) is 8.78. The molecule has 0 saturated carbocycles. The molecular formula is C20H33N3O19P2. The Hall–Kier alpha value is -1.95. The summed E-state index contributed by atoms with van der Waals surface area (Å²) in [4.78, 5) is 57.6. The molecule has 2 fully saturated rings. The second kappa shape index (κ2) is 15.6. The highest BCUT2D eigenvalue weighted by atomic mass is 31.3. The zero-order valence-electron chi connectivity index (χ0n) is 22.8. The van der Waals surface area contributed by atoms with Crippen LogP contribution in [0.15, 0.2) is 21.9 Å². The van der Waals surface area contributed by atoms with Crippen LogP contribution in [0, 0.1) is 0 Å². The number of nitrogens with one attached hydrogen (secondary N) is 2. The van der Waals surface area contributed by atoms with Crippen LogP contribution in [0.2, 0.25) is 0 Å². The van der Waals surface area contributed by atoms with Crippen LogP contribution in [0.1, 0.15) is 6.23 Å². The molecular weight excluding hydrogens is 648 g/mol. The van der Waals surface area contributed by atoms with E-state index in [1.807, 2.05) is 4.98 Å². The molecule has 0 spiro atoms. The van der Waals surface area contributed by atoms with E-state index in [1.54, 1.807) is 0 Å². The minimum Gasteiger partial charge on any atom is -0.394 e. The Morgan fingerprint density at radius 2 is 1.70 bits per heavy atom. The lowest BCUT2D eigenvalue weighted by Gasteiger charge is -2.42. The van der Waals surface area contributed by atoms with Crippen LogP contribution in [0.3, 0.4) is 0 Å². The van der Waals surface area contributed by atoms with Crippen molar-refractivity contribution < 1.29 is 81.5 Å². The first kappa shape index (κ1) is 36.5. The molecule has 1 amide bonds. The van der Waals surface area contributed by atoms with Crippen molar-refractivity contribution in [2.75, 3.05) is 40.1 Å². The maximum atomic E-state index is 12.6. The molecule has 24 heteroatoms. The monoisotopic (exact) mass is 681 g/mol. The van der Waals surface area contributed by atoms with Gasteiger partial charge in [-0.3, -0.25) is 28.2 Å². The molecule has 11 atom stereocenters. The molecule has 0 aromatic carbocycles. The smallest absolute Gasteiger partial charge is 0.394 e. The topological polar surface area (TPSA) is 324 Å². The molecule has 2 aliphatic rings. The third kappa shape index (κ3) is 9.53. The number of phosphoric acid groups is 2. The van der Waals surface area contributed by atoms with Crippen LogP contribution < -0.4 is 16.6 Å². The summed E-state index contributed by atoms with van der Waals surface area (Å²) in [5, 5.41) is 52.7. The normalized spacial score (nSPS) is 33.4. The molecule has 0 bridgehead atoms. The lowest BCUT2D eigenvalue weighted by Crippen LogP contribution is -2.64. The Labute approximate surface area is 246 Å². The van der Waals surface area contributed by atoms with Crippen LogP contribution in [-0.2, 0) is 46.2 Å². The van der Waals surface area contributed by atoms with Crippen LogP contribution in [0.4, 0.5) is 0 Å². The number of carbonyl (C=O) groups excluding carboxylic acids is 1. The van der Waals surface area contributed by atoms with Crippen LogP contribution in [0.25, 0.3) is 0 Å². The molecule has 1 aromatic heterocycles. The molecule has 9 N–H and O–H groups in total. The highest BCUT2D eigenvalue weighted by Gasteiger charge is 2.50. The second-order valence-electron chi connectivity index (χ2n) is 9.33. The van der Waals surface area contributed by atoms with Crippen LogP contribution in [0.5, 0.6) is 0 Å². The lowest BCUT2D eigenvalue weighted by atomic mass is 9.97. The lowest BCUT2D eigenvalue weighted by molar-refractivity contribution is -0.248. The van der Waals surface area contributed by atoms with E-state index >= 15 is 0 Å². The first-order chi connectivity index (χ1) is 20.6. The Bertz CT molecular complexity index is 1330. The summed E-state index contributed by atoms with van der Waals surface area (Å²) in [6.07, 6.45) is -13.4. The number of phosphoric ester groups is 2. The molecule has 1 aromatic rings. The summed E-state index contributed by atoms with van der Waals surface area (Å²) < 4.78 is 59.6. The predicted molar refractivity (Wildman–Crippen MR) is 137 cm³/mol. The number of rotatable bonds is 15. The molecule has 2 aliphatic heterocycles. The Morgan fingerprint density at radius 3 is 2.34 bits per heavy atom. The summed E-state index contributed by atoms with van der Waals surface area (Å²) in [6, 6.07) is -0.876. The van der Waals surface area contributed by atoms with E-state index in [-0.39, 0.29) is 13.2 Å². The second-order valence-corrected chi connectivity index (χ2v) is 12.3. The van der Waals surface area contributed by atoms with Gasteiger partial charge in [-0.15, -0.1) is 0 Å². The van der Waals surface area contributed by atoms with Crippen molar-refractivity contribution in [2.24, 2.45) is 0 Å². The Kier molecular flexibility index (Phi) is 12.9. The predicted octanol–water partition coefficient (Wildman–Crippen LogP) is -5.01. The van der Waals surface area contributed by atoms with Crippen LogP contribution in [-0.4, -0.2) is 140 Å². The van der Waals surface area contributed by atoms with Crippen molar-refractivity contribution in [3.8, 4) is 0 Å². The van der Waals surface area contributed by atoms with E-state index in [4.69, 9.17) is 23.5 Å². The van der Waals surface area contributed by atoms with E-state index in [2.05, 4.69) is 14.2 Å². The molecule has 0 aliphatic carbocycles. The molecule has 3 heterocycles. The van der Waals surface area contributed by atoms with Gasteiger partial charge >= 0.3 is 21.3 Å². The SMILES string of the molecule is COCCOCC(=O)NC1[C@@H](OP(=O)(O)OP(=O)(O)OCC2OC(n3ccc(=O)[nH]c3=O)[C@H](O)[C@@H]2O)OC(CO)[C@H](O)[C@@H]1O. The molecule has 2 saturated heterocycles. The average molecular weight is 681 g/mol. The van der Waals surface area contributed by atoms with Gasteiger partial charge in [0.2, 0.25) is 5.91 Å². The van der Waals surface area contributed by atoms with Crippen LogP contribution >= 0.6 is 15.6 Å². The molecule has 0 radical (unpaired) electrons. The number of aromatic nitrogens is 2. The van der Waals surface area contributed by atoms with Gasteiger partial charge < -0.3 is 59.6 Å². The number of ether oxygens (including phenoxy) is 4. The summed E-state index contributed by atoms with van der Waals surface area (Å²) in [7, 11) is -9.89. The maximum Gasteiger partial charge on any atom is 0.483 e. The first-order valence-corrected chi connectivity index (χ1v) is 15.6. The fourth-order valence-electron chi connectivity index (χ4n) is 4.06. The van der Waals surface area contributed by atoms with Gasteiger partial charge in [0.15, 0.2) is 12.5 Å². The van der Waals surface area contributed by atoms with Gasteiger partial charge in [0, 0.05) is 19.4 Å². The van der Waals surface area contributed by atoms with Crippen molar-refractivity contribution >= 4 is 21.6 Å². The van der Waals surface area contributed by atoms with Crippen molar-refractivity contribution in [1.82, 2.24) is 14.9 Å². The van der Waals surface area contributed by atoms with Crippen molar-refractivity contribution in [3.63, 3.8) is 0 Å². The summed E-state index contributed by atoms with van der Waals surface area (Å²) >= 11 is 0. The Morgan fingerprint density at radius 1 is 1.02 bits per heavy atom. The van der Waals surface area contributed by atoms with E-state index in [0.717, 1.165) is 16.8 Å². The quantitative estimate of drug-likeness (QED) is 0.0618. The Balaban J connectivity index is 1.64. The number of hydrogen-bond acceptors (Lipinski definition) is 17. The van der Waals surface area contributed by atoms with E-state index in [0.29, 0.717) is 0 Å². The van der Waals surface area contributed by atoms with Crippen molar-refractivity contribution in [3.05, 3.63) is 33.1 Å². The number of H-pyrrole nitrogens is 1. The van der Waals surface area contributed by atoms with Gasteiger partial charge in [-0.2, -0.15) is 4.31 Å². The summed E-state index contributed by atoms with van der Waals surface area (Å²) in [5.41, 5.74) is -1.77. The fourth-order valence-corrected chi connectivity index (χ4v) is 6.22. The standard InChI is InChI=1S/C20H33N3O19P2/c1-36-4-5-37-8-12(26)21-13-16(29)14(27)9(6-24)40-19(13)41-44(34,35)42-43(32,33)38-7-10-15(28)17(30)18(39-10)23-3-2-11(25)22-20(23)31/h2-3,9-10,13-19,24,27-30H,4-8H2,1H3,(H,21,26)(H,32,33)(H,34,35)(H,22,25,31)/t9?,10?,13?,14-,15+,16+,17+,18?,19+/m0/s1. The largest absolute Gasteiger partial charge is 0.483 e. The molecule has 44 heavy (non-hydrogen) atoms. The molecule has 3 rings (SSSR count). The average Bonchev–Trinajstić information content (AvgIpc) is 3.22. The third-order valence-electron chi connectivity index (χ3n) is 6.18. The van der Waals surface area contributed by atoms with Gasteiger partial charge in [-0.1, -0.05) is 0 Å². The number of nitrogens with zero attached hydrogens (tertiary/aromatic N) is 1. The number of carbonyl (C=O) groups is 1. The zero-order valence-corrected chi connectivity index (χ0v) is 24.5. The number of amides is 1. The highest BCUT2D eigenvalue weighted by Crippen LogP contribution is 2.61. The zero-order chi connectivity index (χ0) is 32.8. The number of aliphatic hydroxyl groups is 5. The van der Waals surface area contributed by atoms with Gasteiger partial charge in [-0.25, -0.2) is 13.9 Å². The number of aromatic amines is 1. The van der Waals surface area contributed by atoms with E-state index in [9.17, 15) is 58.8 Å². The summed E-state index contributed by atoms with van der Waals surface area (Å²) in [5.74, 6) is -0.915. The van der Waals surface area contributed by atoms with E-state index in [1.165, 1.54) is 7.11 Å². The van der Waals surface area contributed by atoms with Gasteiger partial charge in [0.1, 0.15) is 49.3 Å². The van der Waals surface area contributed by atoms with Gasteiger partial charge in [0.25, 0.3) is 5.56 Å². The summed E-state index contributed by atoms with van der Waals surface area (Å²) in [6.45, 7) is -2.43. The first-order valence-electron chi connectivity index (χ1n) is 12.6.